The molecule has 1 aromatic carbocycles. The smallest absolute Gasteiger partial charge is 0.248 e. The predicted molar refractivity (Wildman–Crippen MR) is 80.9 cm³/mol. The summed E-state index contributed by atoms with van der Waals surface area (Å²) in [6.45, 7) is 4.65. The Morgan fingerprint density at radius 1 is 1.40 bits per heavy atom. The van der Waals surface area contributed by atoms with Gasteiger partial charge in [-0.05, 0) is 31.9 Å². The molecule has 0 aliphatic carbocycles. The zero-order valence-electron chi connectivity index (χ0n) is 12.4. The summed E-state index contributed by atoms with van der Waals surface area (Å²) >= 11 is 0. The summed E-state index contributed by atoms with van der Waals surface area (Å²) in [6, 6.07) is 10.7. The maximum atomic E-state index is 12.0. The van der Waals surface area contributed by atoms with Gasteiger partial charge in [0, 0.05) is 38.5 Å². The summed E-state index contributed by atoms with van der Waals surface area (Å²) in [5, 5.41) is 0. The van der Waals surface area contributed by atoms with Crippen molar-refractivity contribution in [3.63, 3.8) is 0 Å². The molecule has 4 heteroatoms. The molecule has 110 valence electrons. The minimum atomic E-state index is 0.0757. The van der Waals surface area contributed by atoms with Crippen LogP contribution in [-0.2, 0) is 9.53 Å². The van der Waals surface area contributed by atoms with E-state index < -0.39 is 0 Å². The lowest BCUT2D eigenvalue weighted by molar-refractivity contribution is -0.136. The predicted octanol–water partition coefficient (Wildman–Crippen LogP) is 2.15. The van der Waals surface area contributed by atoms with E-state index in [0.717, 1.165) is 25.9 Å². The van der Waals surface area contributed by atoms with Gasteiger partial charge in [0.1, 0.15) is 6.61 Å². The number of amides is 1. The molecule has 4 nitrogen and oxygen atoms in total. The number of likely N-dealkylation sites (N-methyl/N-ethyl adjacent to an activating group) is 1. The number of carbonyl (C=O) groups is 1. The number of para-hydroxylation sites is 1. The van der Waals surface area contributed by atoms with E-state index in [9.17, 15) is 4.79 Å². The molecular weight excluding hydrogens is 252 g/mol. The SMILES string of the molecule is CCOCC(=O)N(C)[C@H]1CCCN(c2ccccc2)C1. The van der Waals surface area contributed by atoms with Crippen molar-refractivity contribution in [1.82, 2.24) is 4.90 Å². The highest BCUT2D eigenvalue weighted by atomic mass is 16.5. The van der Waals surface area contributed by atoms with E-state index in [4.69, 9.17) is 4.74 Å². The Balaban J connectivity index is 1.94. The number of carbonyl (C=O) groups excluding carboxylic acids is 1. The lowest BCUT2D eigenvalue weighted by Gasteiger charge is -2.38. The zero-order chi connectivity index (χ0) is 14.4. The third kappa shape index (κ3) is 3.73. The fraction of sp³-hybridized carbons (Fsp3) is 0.562. The third-order valence-electron chi connectivity index (χ3n) is 3.89. The average molecular weight is 276 g/mol. The van der Waals surface area contributed by atoms with Gasteiger partial charge in [0.05, 0.1) is 0 Å². The van der Waals surface area contributed by atoms with Crippen molar-refractivity contribution in [3.05, 3.63) is 30.3 Å². The standard InChI is InChI=1S/C16H24N2O2/c1-3-20-13-16(19)17(2)15-10-7-11-18(12-15)14-8-5-4-6-9-14/h4-6,8-9,15H,3,7,10-13H2,1-2H3/t15-/m0/s1. The van der Waals surface area contributed by atoms with Crippen molar-refractivity contribution in [1.29, 1.82) is 0 Å². The first kappa shape index (κ1) is 14.9. The van der Waals surface area contributed by atoms with E-state index in [1.54, 1.807) is 0 Å². The molecule has 0 aromatic heterocycles. The molecule has 1 fully saturated rings. The molecule has 0 unspecified atom stereocenters. The molecular formula is C16H24N2O2. The summed E-state index contributed by atoms with van der Waals surface area (Å²) in [5.41, 5.74) is 1.24. The first-order chi connectivity index (χ1) is 9.72. The van der Waals surface area contributed by atoms with Crippen molar-refractivity contribution < 1.29 is 9.53 Å². The van der Waals surface area contributed by atoms with Crippen LogP contribution in [0.25, 0.3) is 0 Å². The Morgan fingerprint density at radius 3 is 2.85 bits per heavy atom. The lowest BCUT2D eigenvalue weighted by atomic mass is 10.0. The van der Waals surface area contributed by atoms with Crippen molar-refractivity contribution in [3.8, 4) is 0 Å². The molecule has 0 radical (unpaired) electrons. The summed E-state index contributed by atoms with van der Waals surface area (Å²) in [7, 11) is 1.89. The minimum Gasteiger partial charge on any atom is -0.372 e. The number of benzene rings is 1. The lowest BCUT2D eigenvalue weighted by Crippen LogP contribution is -2.49. The van der Waals surface area contributed by atoms with Gasteiger partial charge in [-0.15, -0.1) is 0 Å². The number of piperidine rings is 1. The summed E-state index contributed by atoms with van der Waals surface area (Å²) in [4.78, 5) is 16.2. The largest absolute Gasteiger partial charge is 0.372 e. The molecule has 0 saturated carbocycles. The molecule has 0 spiro atoms. The van der Waals surface area contributed by atoms with Crippen molar-refractivity contribution in [2.24, 2.45) is 0 Å². The van der Waals surface area contributed by atoms with Crippen LogP contribution in [0.3, 0.4) is 0 Å². The molecule has 1 aliphatic rings. The second-order valence-electron chi connectivity index (χ2n) is 5.22. The number of rotatable bonds is 5. The molecule has 1 aliphatic heterocycles. The van der Waals surface area contributed by atoms with Gasteiger partial charge in [-0.3, -0.25) is 4.79 Å². The quantitative estimate of drug-likeness (QED) is 0.826. The molecule has 1 saturated heterocycles. The fourth-order valence-corrected chi connectivity index (χ4v) is 2.64. The van der Waals surface area contributed by atoms with Crippen molar-refractivity contribution in [2.75, 3.05) is 38.3 Å². The van der Waals surface area contributed by atoms with Crippen LogP contribution in [0, 0.1) is 0 Å². The van der Waals surface area contributed by atoms with Gasteiger partial charge in [-0.25, -0.2) is 0 Å². The Labute approximate surface area is 121 Å². The summed E-state index contributed by atoms with van der Waals surface area (Å²) < 4.78 is 5.21. The molecule has 2 rings (SSSR count). The van der Waals surface area contributed by atoms with Gasteiger partial charge >= 0.3 is 0 Å². The van der Waals surface area contributed by atoms with Crippen LogP contribution in [0.2, 0.25) is 0 Å². The highest BCUT2D eigenvalue weighted by Crippen LogP contribution is 2.21. The van der Waals surface area contributed by atoms with E-state index >= 15 is 0 Å². The summed E-state index contributed by atoms with van der Waals surface area (Å²) in [5.74, 6) is 0.0757. The van der Waals surface area contributed by atoms with Crippen LogP contribution >= 0.6 is 0 Å². The van der Waals surface area contributed by atoms with E-state index in [-0.39, 0.29) is 18.6 Å². The maximum Gasteiger partial charge on any atom is 0.248 e. The Bertz CT molecular complexity index is 422. The Hall–Kier alpha value is -1.55. The zero-order valence-corrected chi connectivity index (χ0v) is 12.4. The molecule has 1 atom stereocenters. The second kappa shape index (κ2) is 7.29. The van der Waals surface area contributed by atoms with Crippen LogP contribution in [0.15, 0.2) is 30.3 Å². The monoisotopic (exact) mass is 276 g/mol. The van der Waals surface area contributed by atoms with Crippen LogP contribution in [-0.4, -0.2) is 50.2 Å². The highest BCUT2D eigenvalue weighted by molar-refractivity contribution is 5.77. The van der Waals surface area contributed by atoms with E-state index in [1.165, 1.54) is 5.69 Å². The van der Waals surface area contributed by atoms with Gasteiger partial charge in [0.15, 0.2) is 0 Å². The second-order valence-corrected chi connectivity index (χ2v) is 5.22. The topological polar surface area (TPSA) is 32.8 Å². The maximum absolute atomic E-state index is 12.0. The molecule has 1 heterocycles. The number of ether oxygens (including phenoxy) is 1. The number of hydrogen-bond donors (Lipinski definition) is 0. The van der Waals surface area contributed by atoms with Crippen molar-refractivity contribution in [2.45, 2.75) is 25.8 Å². The van der Waals surface area contributed by atoms with Crippen LogP contribution in [0.5, 0.6) is 0 Å². The first-order valence-corrected chi connectivity index (χ1v) is 7.35. The molecule has 1 aromatic rings. The van der Waals surface area contributed by atoms with Gasteiger partial charge in [0.2, 0.25) is 5.91 Å². The van der Waals surface area contributed by atoms with Gasteiger partial charge in [-0.2, -0.15) is 0 Å². The van der Waals surface area contributed by atoms with E-state index in [0.29, 0.717) is 6.61 Å². The van der Waals surface area contributed by atoms with Crippen LogP contribution in [0.1, 0.15) is 19.8 Å². The van der Waals surface area contributed by atoms with Gasteiger partial charge in [0.25, 0.3) is 0 Å². The van der Waals surface area contributed by atoms with Gasteiger partial charge < -0.3 is 14.5 Å². The number of nitrogens with zero attached hydrogens (tertiary/aromatic N) is 2. The normalized spacial score (nSPS) is 18.9. The molecule has 0 bridgehead atoms. The fourth-order valence-electron chi connectivity index (χ4n) is 2.64. The first-order valence-electron chi connectivity index (χ1n) is 7.35. The molecule has 1 amide bonds. The van der Waals surface area contributed by atoms with E-state index in [2.05, 4.69) is 29.2 Å². The number of hydrogen-bond acceptors (Lipinski definition) is 3. The average Bonchev–Trinajstić information content (AvgIpc) is 2.53. The summed E-state index contributed by atoms with van der Waals surface area (Å²) in [6.07, 6.45) is 2.18. The van der Waals surface area contributed by atoms with E-state index in [1.807, 2.05) is 24.9 Å². The highest BCUT2D eigenvalue weighted by Gasteiger charge is 2.26. The Kier molecular flexibility index (Phi) is 5.41. The molecule has 0 N–H and O–H groups in total. The molecule has 20 heavy (non-hydrogen) atoms. The minimum absolute atomic E-state index is 0.0757. The third-order valence-corrected chi connectivity index (χ3v) is 3.89. The number of anilines is 1. The van der Waals surface area contributed by atoms with Crippen LogP contribution in [0.4, 0.5) is 5.69 Å². The van der Waals surface area contributed by atoms with Crippen molar-refractivity contribution >= 4 is 11.6 Å². The Morgan fingerprint density at radius 2 is 2.15 bits per heavy atom. The van der Waals surface area contributed by atoms with Gasteiger partial charge in [-0.1, -0.05) is 18.2 Å². The van der Waals surface area contributed by atoms with Crippen LogP contribution < -0.4 is 4.90 Å².